The number of benzene rings is 12. The van der Waals surface area contributed by atoms with Crippen LogP contribution in [0.1, 0.15) is 167 Å². The van der Waals surface area contributed by atoms with Crippen LogP contribution in [0.3, 0.4) is 0 Å². The van der Waals surface area contributed by atoms with Crippen LogP contribution in [0, 0.1) is 23.7 Å². The number of carbonyl (C=O) groups excluding carboxylic acids is 4. The zero-order chi connectivity index (χ0) is 121. The van der Waals surface area contributed by atoms with Crippen LogP contribution < -0.4 is 41.9 Å². The van der Waals surface area contributed by atoms with E-state index in [9.17, 15) is 19.2 Å². The number of ether oxygens (including phenoxy) is 4. The number of likely N-dealkylation sites (tertiary alicyclic amines) is 4. The predicted molar refractivity (Wildman–Crippen MR) is 507 cm³/mol. The van der Waals surface area contributed by atoms with E-state index in [0.29, 0.717) is 75.4 Å². The highest BCUT2D eigenvalue weighted by Crippen LogP contribution is 2.49. The summed E-state index contributed by atoms with van der Waals surface area (Å²) in [5.74, 6) is -4.93. The molecule has 16 heteroatoms. The van der Waals surface area contributed by atoms with Crippen molar-refractivity contribution in [3.05, 3.63) is 404 Å². The van der Waals surface area contributed by atoms with E-state index in [1.54, 1.807) is 17.0 Å². The van der Waals surface area contributed by atoms with Crippen molar-refractivity contribution < 1.29 is 90.2 Å². The van der Waals surface area contributed by atoms with Crippen LogP contribution in [0.2, 0.25) is 0 Å². The van der Waals surface area contributed by atoms with Crippen LogP contribution in [-0.2, 0) is 92.0 Å². The molecule has 0 unspecified atom stereocenters. The number of primary amides is 4. The van der Waals surface area contributed by atoms with Gasteiger partial charge in [-0.15, -0.1) is 0 Å². The second-order valence-corrected chi connectivity index (χ2v) is 32.5. The highest BCUT2D eigenvalue weighted by molar-refractivity contribution is 5.94. The largest absolute Gasteiger partial charge is 0.493 e. The van der Waals surface area contributed by atoms with E-state index < -0.39 is 252 Å². The summed E-state index contributed by atoms with van der Waals surface area (Å²) in [5.41, 5.74) is 21.5. The fourth-order valence-corrected chi connectivity index (χ4v) is 19.3. The van der Waals surface area contributed by atoms with E-state index in [1.165, 1.54) is 47.4 Å². The minimum absolute atomic E-state index is 0.0287. The van der Waals surface area contributed by atoms with E-state index in [1.807, 2.05) is 144 Å². The van der Waals surface area contributed by atoms with Crippen molar-refractivity contribution in [3.8, 4) is 23.0 Å². The molecule has 12 aromatic carbocycles. The smallest absolute Gasteiger partial charge is 0.232 e. The van der Waals surface area contributed by atoms with E-state index in [2.05, 4.69) is 4.90 Å². The number of fused-ring (bicyclic) bond motifs is 4. The van der Waals surface area contributed by atoms with E-state index in [-0.39, 0.29) is 109 Å². The molecule has 8 heterocycles. The van der Waals surface area contributed by atoms with Crippen LogP contribution in [0.15, 0.2) is 315 Å². The minimum Gasteiger partial charge on any atom is -0.493 e. The molecule has 16 nitrogen and oxygen atoms in total. The van der Waals surface area contributed by atoms with Gasteiger partial charge in [0, 0.05) is 94.3 Å². The summed E-state index contributed by atoms with van der Waals surface area (Å²) in [6.45, 7) is -8.56. The van der Waals surface area contributed by atoms with Gasteiger partial charge in [0.15, 0.2) is 0 Å². The van der Waals surface area contributed by atoms with Gasteiger partial charge >= 0.3 is 0 Å². The van der Waals surface area contributed by atoms with Gasteiger partial charge in [-0.25, -0.2) is 0 Å². The Labute approximate surface area is 808 Å². The molecule has 0 radical (unpaired) electrons. The standard InChI is InChI=1S/4C28H30N2O2/c4*29-27(31)28(23-7-3-1-4-8-23,24-9-5-2-6-10-24)25-14-17-30(20-25)16-13-21-11-12-26-22(19-21)15-18-32-26/h4*1-12,19,25H,13-18,20H2,(H2,29,31)/t4*25-/m1111/s1/i1D,2D,3D,4D,5D,6D,7D,8D,9D,10D,15D2,16D2,18D2;1D,2D,3D,4D,5D,6D,7D,8D,9D,10D,15D2,18D2;15D2,16D2,18D2;13D2. The third-order valence-electron chi connectivity index (χ3n) is 25.5. The van der Waals surface area contributed by atoms with Gasteiger partial charge in [0.2, 0.25) is 23.6 Å². The van der Waals surface area contributed by atoms with E-state index in [4.69, 9.17) is 94.0 Å². The Bertz CT molecular complexity index is 7640. The summed E-state index contributed by atoms with van der Waals surface area (Å²) < 4.78 is 339. The molecule has 656 valence electrons. The van der Waals surface area contributed by atoms with Crippen molar-refractivity contribution in [1.82, 2.24) is 19.6 Å². The molecule has 12 aromatic rings. The number of nitrogens with two attached hydrogens (primary N) is 4. The summed E-state index contributed by atoms with van der Waals surface area (Å²) in [5, 5.41) is 0. The fraction of sp³-hybridized carbons (Fsp3) is 0.321. The average Bonchev–Trinajstić information content (AvgIpc) is 1.11. The lowest BCUT2D eigenvalue weighted by molar-refractivity contribution is -0.124. The number of nitrogens with zero attached hydrogens (tertiary/aromatic N) is 4. The van der Waals surface area contributed by atoms with Crippen LogP contribution in [0.25, 0.3) is 0 Å². The molecule has 4 atom stereocenters. The highest BCUT2D eigenvalue weighted by Gasteiger charge is 2.54. The summed E-state index contributed by atoms with van der Waals surface area (Å²) in [7, 11) is 0. The van der Waals surface area contributed by atoms with Crippen molar-refractivity contribution >= 4 is 23.6 Å². The molecule has 4 amide bonds. The molecule has 8 N–H and O–H groups in total. The second kappa shape index (κ2) is 40.3. The van der Waals surface area contributed by atoms with Gasteiger partial charge in [0.1, 0.15) is 44.7 Å². The molecule has 0 aliphatic carbocycles. The SMILES string of the molecule is [2H]C([2H])(CN1CC[C@@H](C(C(N)=O)(c2ccccc2)c2ccccc2)C1)c1ccc2c(c1)CCO2.[2H]C([2H])(Cc1ccc2c(c1)C([2H])([2H])C([2H])([2H])O2)N1CC[C@@H](C(C(N)=O)(c2ccccc2)c2ccccc2)C1.[2H]c1c([2H])c([2H])c(C(C(N)=O)(c2c([2H])c([2H])c([2H])c([2H])c2[2H])[C@@H]2CCN(C([2H])([2H])Cc3ccc4c(c3)C([2H])([2H])C([2H])([2H])O4)C2)c([2H])c1[2H].[2H]c1c([2H])c([2H])c(C(C(N)=O)(c2c([2H])c([2H])c([2H])c([2H])c2[2H])[C@@H]2CCN(CCc3ccc4c(c3)C([2H])([2H])C([2H])([2H])O4)C2)c([2H])c1[2H]. The molecule has 20 rings (SSSR count). The molecule has 0 spiro atoms. The van der Waals surface area contributed by atoms with E-state index >= 15 is 0 Å². The van der Waals surface area contributed by atoms with E-state index in [0.717, 1.165) is 46.4 Å². The van der Waals surface area contributed by atoms with Crippen LogP contribution >= 0.6 is 0 Å². The molecule has 8 aliphatic heterocycles. The lowest BCUT2D eigenvalue weighted by Crippen LogP contribution is -2.49. The number of carbonyl (C=O) groups is 4. The van der Waals surface area contributed by atoms with Crippen molar-refractivity contribution in [2.45, 2.75) is 98.5 Å². The van der Waals surface area contributed by atoms with Gasteiger partial charge in [-0.3, -0.25) is 19.2 Å². The molecule has 128 heavy (non-hydrogen) atoms. The predicted octanol–water partition coefficient (Wildman–Crippen LogP) is 15.8. The lowest BCUT2D eigenvalue weighted by atomic mass is 9.64. The zero-order valence-corrected chi connectivity index (χ0v) is 70.1. The Kier molecular flexibility index (Phi) is 16.6. The average molecular weight is 1740 g/mol. The number of amides is 4. The third-order valence-corrected chi connectivity index (χ3v) is 25.5. The molecule has 0 bridgehead atoms. The first-order chi connectivity index (χ1) is 77.6. The first-order valence-corrected chi connectivity index (χ1v) is 42.5. The Morgan fingerprint density at radius 2 is 0.609 bits per heavy atom. The molecular weight excluding hydrogens is 1590 g/mol. The number of hydrogen-bond donors (Lipinski definition) is 4. The fourth-order valence-electron chi connectivity index (χ4n) is 19.3. The monoisotopic (exact) mass is 1740 g/mol. The first-order valence-electron chi connectivity index (χ1n) is 61.5. The Balaban J connectivity index is 0.000000149. The van der Waals surface area contributed by atoms with Crippen molar-refractivity contribution in [2.75, 3.05) is 105 Å². The summed E-state index contributed by atoms with van der Waals surface area (Å²) >= 11 is 0. The lowest BCUT2D eigenvalue weighted by Gasteiger charge is -2.37. The van der Waals surface area contributed by atoms with Gasteiger partial charge in [0.05, 0.1) is 61.9 Å². The Morgan fingerprint density at radius 1 is 0.328 bits per heavy atom. The van der Waals surface area contributed by atoms with Crippen molar-refractivity contribution in [2.24, 2.45) is 46.6 Å². The van der Waals surface area contributed by atoms with Crippen molar-refractivity contribution in [3.63, 3.8) is 0 Å². The Morgan fingerprint density at radius 3 is 0.945 bits per heavy atom. The second-order valence-electron chi connectivity index (χ2n) is 32.5. The van der Waals surface area contributed by atoms with Gasteiger partial charge in [0.25, 0.3) is 0 Å². The summed E-state index contributed by atoms with van der Waals surface area (Å²) in [6.07, 6.45) is -6.64. The maximum Gasteiger partial charge on any atom is 0.232 e. The maximum absolute atomic E-state index is 13.9. The molecular formula is C112H120N8O8. The van der Waals surface area contributed by atoms with Gasteiger partial charge < -0.3 is 61.5 Å². The molecule has 0 saturated carbocycles. The van der Waals surface area contributed by atoms with Crippen molar-refractivity contribution in [1.29, 1.82) is 0 Å². The first kappa shape index (κ1) is 52.8. The molecule has 8 aliphatic rings. The van der Waals surface area contributed by atoms with Gasteiger partial charge in [-0.05, 0) is 214 Å². The maximum atomic E-state index is 13.9. The van der Waals surface area contributed by atoms with Gasteiger partial charge in [-0.2, -0.15) is 0 Å². The Hall–Kier alpha value is -12.4. The summed E-state index contributed by atoms with van der Waals surface area (Å²) in [6, 6.07) is 41.4. The molecule has 0 aromatic heterocycles. The minimum atomic E-state index is -2.65. The number of aryl methyl sites for hydroxylation is 5. The van der Waals surface area contributed by atoms with Crippen LogP contribution in [0.5, 0.6) is 23.0 Å². The molecule has 4 fully saturated rings. The highest BCUT2D eigenvalue weighted by atomic mass is 16.5. The quantitative estimate of drug-likeness (QED) is 0.0360. The number of rotatable bonds is 28. The topological polar surface area (TPSA) is 222 Å². The van der Waals surface area contributed by atoms with Crippen LogP contribution in [0.4, 0.5) is 0 Å². The molecule has 4 saturated heterocycles. The normalized spacial score (nSPS) is 25.3. The third kappa shape index (κ3) is 18.4. The van der Waals surface area contributed by atoms with Crippen LogP contribution in [-0.4, -0.2) is 148 Å². The van der Waals surface area contributed by atoms with Gasteiger partial charge in [-0.1, -0.05) is 291 Å². The zero-order valence-electron chi connectivity index (χ0n) is 108. The summed E-state index contributed by atoms with van der Waals surface area (Å²) in [4.78, 5) is 61.3. The number of hydrogen-bond acceptors (Lipinski definition) is 12.